The maximum atomic E-state index is 12.6. The molecular formula is C16H11Cl5F3O3-. The monoisotopic (exact) mass is 483 g/mol. The molecule has 1 aromatic carbocycles. The van der Waals surface area contributed by atoms with Gasteiger partial charge in [0.25, 0.3) is 0 Å². The van der Waals surface area contributed by atoms with Crippen LogP contribution in [0.25, 0.3) is 0 Å². The average molecular weight is 486 g/mol. The smallest absolute Gasteiger partial charge is 0.549 e. The minimum Gasteiger partial charge on any atom is -0.549 e. The topological polar surface area (TPSA) is 49.4 Å². The quantitative estimate of drug-likeness (QED) is 0.530. The molecule has 1 fully saturated rings. The zero-order valence-corrected chi connectivity index (χ0v) is 17.5. The molecule has 2 unspecified atom stereocenters. The summed E-state index contributed by atoms with van der Waals surface area (Å²) in [5.41, 5.74) is -2.49. The van der Waals surface area contributed by atoms with Crippen molar-refractivity contribution in [2.45, 2.75) is 26.6 Å². The van der Waals surface area contributed by atoms with Crippen molar-refractivity contribution in [2.75, 3.05) is 0 Å². The predicted octanol–water partition coefficient (Wildman–Crippen LogP) is 5.80. The molecule has 2 atom stereocenters. The Labute approximate surface area is 177 Å². The maximum Gasteiger partial charge on any atom is 0.573 e. The van der Waals surface area contributed by atoms with E-state index in [0.29, 0.717) is 0 Å². The van der Waals surface area contributed by atoms with E-state index < -0.39 is 44.9 Å². The lowest BCUT2D eigenvalue weighted by molar-refractivity contribution is -0.315. The highest BCUT2D eigenvalue weighted by Gasteiger charge is 2.70. The second-order valence-corrected chi connectivity index (χ2v) is 8.80. The fraction of sp³-hybridized carbons (Fsp3) is 0.438. The molecule has 11 heteroatoms. The molecule has 1 saturated carbocycles. The molecule has 3 nitrogen and oxygen atoms in total. The van der Waals surface area contributed by atoms with Gasteiger partial charge in [0.05, 0.1) is 10.0 Å². The number of carboxylic acids is 1. The molecule has 0 aliphatic heterocycles. The number of benzene rings is 1. The van der Waals surface area contributed by atoms with Gasteiger partial charge < -0.3 is 14.6 Å². The molecule has 0 amide bonds. The molecule has 0 bridgehead atoms. The van der Waals surface area contributed by atoms with Gasteiger partial charge in [-0.3, -0.25) is 0 Å². The first-order valence-corrected chi connectivity index (χ1v) is 9.20. The van der Waals surface area contributed by atoms with Crippen molar-refractivity contribution >= 4 is 64.0 Å². The Morgan fingerprint density at radius 2 is 1.81 bits per heavy atom. The number of alkyl halides is 3. The average Bonchev–Trinajstić information content (AvgIpc) is 2.94. The van der Waals surface area contributed by atoms with Gasteiger partial charge in [-0.2, -0.15) is 0 Å². The number of allylic oxidation sites excluding steroid dienone is 1. The summed E-state index contributed by atoms with van der Waals surface area (Å²) >= 11 is 29.2. The highest BCUT2D eigenvalue weighted by Crippen LogP contribution is 2.71. The van der Waals surface area contributed by atoms with Crippen LogP contribution in [-0.2, 0) is 11.2 Å². The van der Waals surface area contributed by atoms with E-state index in [1.54, 1.807) is 13.8 Å². The van der Waals surface area contributed by atoms with Crippen LogP contribution in [0, 0.1) is 16.7 Å². The van der Waals surface area contributed by atoms with Crippen molar-refractivity contribution in [1.82, 2.24) is 0 Å². The normalized spacial score (nSPS) is 23.7. The summed E-state index contributed by atoms with van der Waals surface area (Å²) in [5, 5.41) is 10.8. The van der Waals surface area contributed by atoms with Crippen LogP contribution in [0.5, 0.6) is 5.75 Å². The van der Waals surface area contributed by atoms with E-state index >= 15 is 0 Å². The van der Waals surface area contributed by atoms with Crippen LogP contribution in [0.1, 0.15) is 19.4 Å². The Kier molecular flexibility index (Phi) is 6.22. The van der Waals surface area contributed by atoms with Crippen molar-refractivity contribution in [3.63, 3.8) is 0 Å². The Morgan fingerprint density at radius 3 is 2.26 bits per heavy atom. The molecule has 2 rings (SSSR count). The Bertz CT molecular complexity index is 818. The van der Waals surface area contributed by atoms with Gasteiger partial charge in [0.1, 0.15) is 4.49 Å². The van der Waals surface area contributed by atoms with Gasteiger partial charge in [-0.25, -0.2) is 0 Å². The third-order valence-corrected chi connectivity index (χ3v) is 6.20. The Morgan fingerprint density at radius 1 is 1.26 bits per heavy atom. The van der Waals surface area contributed by atoms with E-state index in [2.05, 4.69) is 4.74 Å². The minimum absolute atomic E-state index is 0.0687. The number of carbonyl (C=O) groups is 1. The molecule has 27 heavy (non-hydrogen) atoms. The van der Waals surface area contributed by atoms with E-state index in [1.807, 2.05) is 0 Å². The van der Waals surface area contributed by atoms with Crippen LogP contribution in [-0.4, -0.2) is 12.3 Å². The molecule has 1 aliphatic carbocycles. The molecule has 0 heterocycles. The van der Waals surface area contributed by atoms with Gasteiger partial charge in [0.2, 0.25) is 0 Å². The predicted molar refractivity (Wildman–Crippen MR) is 96.4 cm³/mol. The zero-order valence-electron chi connectivity index (χ0n) is 13.7. The number of hydrogen-bond donors (Lipinski definition) is 0. The molecule has 0 aromatic heterocycles. The summed E-state index contributed by atoms with van der Waals surface area (Å²) in [7, 11) is 0. The van der Waals surface area contributed by atoms with Crippen LogP contribution < -0.4 is 9.84 Å². The standard InChI is InChI=1S/C16H12Cl5F3O3/c1-14(2)9(4-10(19)20)15(14,13(25)26)5-6-7(17)3-8(18)12(11(6)21)27-16(22,23)24/h3-4,9H,5H2,1-2H3,(H,25,26)/p-1. The maximum absolute atomic E-state index is 12.6. The van der Waals surface area contributed by atoms with Gasteiger partial charge in [-0.1, -0.05) is 71.9 Å². The molecular weight excluding hydrogens is 474 g/mol. The van der Waals surface area contributed by atoms with E-state index in [-0.39, 0.29) is 21.5 Å². The number of rotatable bonds is 5. The Balaban J connectivity index is 2.57. The Hall–Kier alpha value is -0.530. The van der Waals surface area contributed by atoms with Crippen molar-refractivity contribution in [3.8, 4) is 5.75 Å². The molecule has 0 radical (unpaired) electrons. The lowest BCUT2D eigenvalue weighted by atomic mass is 9.88. The van der Waals surface area contributed by atoms with E-state index in [9.17, 15) is 23.1 Å². The molecule has 1 aromatic rings. The molecule has 0 N–H and O–H groups in total. The number of hydrogen-bond acceptors (Lipinski definition) is 3. The largest absolute Gasteiger partial charge is 0.573 e. The number of carbonyl (C=O) groups excluding carboxylic acids is 1. The van der Waals surface area contributed by atoms with Crippen molar-refractivity contribution in [1.29, 1.82) is 0 Å². The van der Waals surface area contributed by atoms with E-state index in [1.165, 1.54) is 6.08 Å². The summed E-state index contributed by atoms with van der Waals surface area (Å²) in [6.07, 6.45) is -4.06. The first-order valence-electron chi connectivity index (χ1n) is 7.31. The van der Waals surface area contributed by atoms with Crippen molar-refractivity contribution in [2.24, 2.45) is 16.7 Å². The van der Waals surface area contributed by atoms with Gasteiger partial charge in [-0.15, -0.1) is 13.2 Å². The summed E-state index contributed by atoms with van der Waals surface area (Å²) in [6, 6.07) is 1.00. The van der Waals surface area contributed by atoms with Crippen LogP contribution in [0.15, 0.2) is 16.6 Å². The van der Waals surface area contributed by atoms with Crippen molar-refractivity contribution in [3.05, 3.63) is 37.3 Å². The molecule has 0 spiro atoms. The van der Waals surface area contributed by atoms with Gasteiger partial charge >= 0.3 is 6.36 Å². The summed E-state index contributed by atoms with van der Waals surface area (Å²) in [4.78, 5) is 11.9. The van der Waals surface area contributed by atoms with Crippen LogP contribution in [0.4, 0.5) is 13.2 Å². The molecule has 150 valence electrons. The first-order chi connectivity index (χ1) is 12.1. The highest BCUT2D eigenvalue weighted by molar-refractivity contribution is 6.55. The van der Waals surface area contributed by atoms with Crippen LogP contribution in [0.3, 0.4) is 0 Å². The number of halogens is 8. The number of carboxylic acid groups (broad SMARTS) is 1. The third-order valence-electron chi connectivity index (χ3n) is 4.93. The van der Waals surface area contributed by atoms with Gasteiger partial charge in [0.15, 0.2) is 5.75 Å². The fourth-order valence-corrected chi connectivity index (χ4v) is 4.66. The van der Waals surface area contributed by atoms with E-state index in [4.69, 9.17) is 58.0 Å². The van der Waals surface area contributed by atoms with E-state index in [0.717, 1.165) is 6.07 Å². The van der Waals surface area contributed by atoms with Gasteiger partial charge in [-0.05, 0) is 35.5 Å². The molecule has 0 saturated heterocycles. The third kappa shape index (κ3) is 4.10. The van der Waals surface area contributed by atoms with Crippen molar-refractivity contribution < 1.29 is 27.8 Å². The first kappa shape index (κ1) is 22.8. The van der Waals surface area contributed by atoms with Crippen LogP contribution in [0.2, 0.25) is 15.1 Å². The second kappa shape index (κ2) is 7.38. The summed E-state index contributed by atoms with van der Waals surface area (Å²) in [6.45, 7) is 3.26. The summed E-state index contributed by atoms with van der Waals surface area (Å²) < 4.78 is 41.6. The van der Waals surface area contributed by atoms with Gasteiger partial charge in [0, 0.05) is 16.4 Å². The minimum atomic E-state index is -5.05. The zero-order chi connectivity index (χ0) is 20.9. The number of aliphatic carboxylic acids is 1. The lowest BCUT2D eigenvalue weighted by Gasteiger charge is -2.24. The number of ether oxygens (including phenoxy) is 1. The van der Waals surface area contributed by atoms with Crippen LogP contribution >= 0.6 is 58.0 Å². The second-order valence-electron chi connectivity index (χ2n) is 6.60. The molecule has 1 aliphatic rings. The highest BCUT2D eigenvalue weighted by atomic mass is 35.5. The lowest BCUT2D eigenvalue weighted by Crippen LogP contribution is -2.38. The summed E-state index contributed by atoms with van der Waals surface area (Å²) in [5.74, 6) is -2.96. The fourth-order valence-electron chi connectivity index (χ4n) is 3.43. The SMILES string of the molecule is CC1(C)C(C=C(Cl)Cl)C1(Cc1c(Cl)cc(Cl)c(OC(F)(F)F)c1Cl)C(=O)[O-].